The smallest absolute Gasteiger partial charge is 0.335 e. The molecule has 0 bridgehead atoms. The van der Waals surface area contributed by atoms with Crippen LogP contribution in [0.3, 0.4) is 0 Å². The maximum absolute atomic E-state index is 12.3. The van der Waals surface area contributed by atoms with E-state index in [-0.39, 0.29) is 16.9 Å². The Morgan fingerprint density at radius 2 is 2.05 bits per heavy atom. The molecule has 0 unspecified atom stereocenters. The molecule has 106 valence electrons. The zero-order valence-electron chi connectivity index (χ0n) is 11.5. The Labute approximate surface area is 117 Å². The lowest BCUT2D eigenvalue weighted by atomic mass is 9.75. The molecule has 1 aromatic carbocycles. The third-order valence-corrected chi connectivity index (χ3v) is 4.52. The van der Waals surface area contributed by atoms with Crippen LogP contribution in [0.2, 0.25) is 0 Å². The van der Waals surface area contributed by atoms with Gasteiger partial charge in [0.1, 0.15) is 11.4 Å². The van der Waals surface area contributed by atoms with Crippen molar-refractivity contribution in [3.8, 4) is 5.75 Å². The second-order valence-corrected chi connectivity index (χ2v) is 6.08. The molecule has 1 heterocycles. The quantitative estimate of drug-likeness (QED) is 0.853. The molecule has 1 N–H and O–H groups in total. The van der Waals surface area contributed by atoms with Crippen molar-refractivity contribution in [3.63, 3.8) is 0 Å². The number of carboxylic acid groups (broad SMARTS) is 1. The Balaban J connectivity index is 1.92. The number of ether oxygens (including phenoxy) is 1. The fourth-order valence-electron chi connectivity index (χ4n) is 3.19. The largest absolute Gasteiger partial charge is 0.486 e. The van der Waals surface area contributed by atoms with Gasteiger partial charge in [-0.3, -0.25) is 4.79 Å². The first kappa shape index (κ1) is 13.2. The third kappa shape index (κ3) is 2.19. The molecular weight excluding hydrogens is 256 g/mol. The van der Waals surface area contributed by atoms with Gasteiger partial charge in [-0.25, -0.2) is 4.79 Å². The molecule has 1 spiro atoms. The predicted molar refractivity (Wildman–Crippen MR) is 73.3 cm³/mol. The lowest BCUT2D eigenvalue weighted by Gasteiger charge is -2.42. The maximum atomic E-state index is 12.3. The molecule has 1 aliphatic heterocycles. The van der Waals surface area contributed by atoms with Gasteiger partial charge in [0, 0.05) is 0 Å². The summed E-state index contributed by atoms with van der Waals surface area (Å²) in [4.78, 5) is 23.3. The van der Waals surface area contributed by atoms with E-state index in [4.69, 9.17) is 9.84 Å². The van der Waals surface area contributed by atoms with Crippen molar-refractivity contribution in [1.29, 1.82) is 0 Å². The number of rotatable bonds is 1. The van der Waals surface area contributed by atoms with Crippen molar-refractivity contribution in [2.24, 2.45) is 5.92 Å². The van der Waals surface area contributed by atoms with Crippen LogP contribution in [0.15, 0.2) is 18.2 Å². The average Bonchev–Trinajstić information content (AvgIpc) is 2.42. The number of benzene rings is 1. The molecule has 1 saturated carbocycles. The normalized spacial score (nSPS) is 28.9. The molecule has 0 saturated heterocycles. The molecule has 2 aliphatic rings. The molecule has 4 nitrogen and oxygen atoms in total. The Bertz CT molecular complexity index is 568. The monoisotopic (exact) mass is 274 g/mol. The second-order valence-electron chi connectivity index (χ2n) is 6.08. The van der Waals surface area contributed by atoms with Crippen LogP contribution in [0.25, 0.3) is 0 Å². The van der Waals surface area contributed by atoms with Crippen molar-refractivity contribution in [2.45, 2.75) is 44.6 Å². The number of hydrogen-bond donors (Lipinski definition) is 1. The van der Waals surface area contributed by atoms with Crippen LogP contribution in [-0.2, 0) is 0 Å². The van der Waals surface area contributed by atoms with Gasteiger partial charge in [0.25, 0.3) is 0 Å². The summed E-state index contributed by atoms with van der Waals surface area (Å²) in [6, 6.07) is 4.55. The van der Waals surface area contributed by atoms with E-state index in [1.165, 1.54) is 12.1 Å². The molecule has 1 aromatic rings. The summed E-state index contributed by atoms with van der Waals surface area (Å²) in [5.74, 6) is 0.215. The summed E-state index contributed by atoms with van der Waals surface area (Å²) < 4.78 is 6.10. The minimum atomic E-state index is -1.02. The fraction of sp³-hybridized carbons (Fsp3) is 0.500. The van der Waals surface area contributed by atoms with E-state index < -0.39 is 5.97 Å². The van der Waals surface area contributed by atoms with E-state index in [1.807, 2.05) is 0 Å². The van der Waals surface area contributed by atoms with Crippen LogP contribution in [0.4, 0.5) is 0 Å². The van der Waals surface area contributed by atoms with Gasteiger partial charge in [-0.1, -0.05) is 6.92 Å². The Hall–Kier alpha value is -1.84. The highest BCUT2D eigenvalue weighted by atomic mass is 16.5. The number of fused-ring (bicyclic) bond motifs is 1. The van der Waals surface area contributed by atoms with Crippen molar-refractivity contribution >= 4 is 11.8 Å². The highest BCUT2D eigenvalue weighted by Gasteiger charge is 2.42. The summed E-state index contributed by atoms with van der Waals surface area (Å²) >= 11 is 0. The van der Waals surface area contributed by atoms with Crippen LogP contribution in [0.5, 0.6) is 5.75 Å². The zero-order valence-corrected chi connectivity index (χ0v) is 11.5. The van der Waals surface area contributed by atoms with Gasteiger partial charge in [-0.15, -0.1) is 0 Å². The molecule has 0 aromatic heterocycles. The van der Waals surface area contributed by atoms with Gasteiger partial charge >= 0.3 is 5.97 Å². The Morgan fingerprint density at radius 3 is 2.70 bits per heavy atom. The summed E-state index contributed by atoms with van der Waals surface area (Å²) in [7, 11) is 0. The number of Topliss-reactive ketones (excluding diaryl/α,β-unsaturated/α-hetero) is 1. The van der Waals surface area contributed by atoms with E-state index >= 15 is 0 Å². The summed E-state index contributed by atoms with van der Waals surface area (Å²) in [5, 5.41) is 8.99. The molecule has 0 radical (unpaired) electrons. The van der Waals surface area contributed by atoms with Crippen LogP contribution in [0, 0.1) is 5.92 Å². The number of aromatic carboxylic acids is 1. The summed E-state index contributed by atoms with van der Waals surface area (Å²) in [6.07, 6.45) is 4.33. The number of ketones is 1. The number of hydrogen-bond acceptors (Lipinski definition) is 3. The van der Waals surface area contributed by atoms with Crippen molar-refractivity contribution in [3.05, 3.63) is 29.3 Å². The first-order valence-corrected chi connectivity index (χ1v) is 7.09. The van der Waals surface area contributed by atoms with Crippen LogP contribution in [-0.4, -0.2) is 22.5 Å². The molecule has 1 aliphatic carbocycles. The molecule has 3 rings (SSSR count). The molecule has 0 atom stereocenters. The van der Waals surface area contributed by atoms with Gasteiger partial charge < -0.3 is 9.84 Å². The maximum Gasteiger partial charge on any atom is 0.335 e. The summed E-state index contributed by atoms with van der Waals surface area (Å²) in [6.45, 7) is 2.23. The Kier molecular flexibility index (Phi) is 3.04. The lowest BCUT2D eigenvalue weighted by molar-refractivity contribution is 0.00401. The van der Waals surface area contributed by atoms with Gasteiger partial charge in [-0.2, -0.15) is 0 Å². The van der Waals surface area contributed by atoms with E-state index in [2.05, 4.69) is 6.92 Å². The van der Waals surface area contributed by atoms with E-state index in [1.54, 1.807) is 6.07 Å². The van der Waals surface area contributed by atoms with E-state index in [9.17, 15) is 9.59 Å². The fourth-order valence-corrected chi connectivity index (χ4v) is 3.19. The molecule has 20 heavy (non-hydrogen) atoms. The predicted octanol–water partition coefficient (Wildman–Crippen LogP) is 3.30. The first-order chi connectivity index (χ1) is 9.49. The molecular formula is C16H18O4. The highest BCUT2D eigenvalue weighted by molar-refractivity contribution is 6.02. The number of carbonyl (C=O) groups is 2. The minimum absolute atomic E-state index is 0.00361. The van der Waals surface area contributed by atoms with Crippen LogP contribution in [0.1, 0.15) is 59.7 Å². The van der Waals surface area contributed by atoms with Gasteiger partial charge in [0.15, 0.2) is 5.78 Å². The zero-order chi connectivity index (χ0) is 14.3. The van der Waals surface area contributed by atoms with Gasteiger partial charge in [-0.05, 0) is 49.8 Å². The van der Waals surface area contributed by atoms with Crippen molar-refractivity contribution in [2.75, 3.05) is 0 Å². The van der Waals surface area contributed by atoms with Gasteiger partial charge in [0.05, 0.1) is 17.5 Å². The second kappa shape index (κ2) is 4.62. The topological polar surface area (TPSA) is 63.6 Å². The lowest BCUT2D eigenvalue weighted by Crippen LogP contribution is -2.44. The SMILES string of the molecule is CC1CCC2(CC1)CC(=O)c1cc(C(=O)O)ccc1O2. The number of carboxylic acids is 1. The van der Waals surface area contributed by atoms with Crippen LogP contribution < -0.4 is 4.74 Å². The van der Waals surface area contributed by atoms with Crippen molar-refractivity contribution < 1.29 is 19.4 Å². The number of carbonyl (C=O) groups excluding carboxylic acids is 1. The van der Waals surface area contributed by atoms with E-state index in [0.717, 1.165) is 25.7 Å². The minimum Gasteiger partial charge on any atom is -0.486 e. The molecule has 1 fully saturated rings. The van der Waals surface area contributed by atoms with E-state index in [0.29, 0.717) is 23.7 Å². The third-order valence-electron chi connectivity index (χ3n) is 4.52. The molecule has 4 heteroatoms. The average molecular weight is 274 g/mol. The van der Waals surface area contributed by atoms with Crippen molar-refractivity contribution in [1.82, 2.24) is 0 Å². The summed E-state index contributed by atoms with van der Waals surface area (Å²) in [5.41, 5.74) is 0.185. The van der Waals surface area contributed by atoms with Gasteiger partial charge in [0.2, 0.25) is 0 Å². The standard InChI is InChI=1S/C16H18O4/c1-10-4-6-16(7-5-10)9-13(17)12-8-11(15(18)19)2-3-14(12)20-16/h2-3,8,10H,4-7,9H2,1H3,(H,18,19). The first-order valence-electron chi connectivity index (χ1n) is 7.09. The van der Waals surface area contributed by atoms with Crippen LogP contribution >= 0.6 is 0 Å². The molecule has 0 amide bonds. The Morgan fingerprint density at radius 1 is 1.35 bits per heavy atom. The highest BCUT2D eigenvalue weighted by Crippen LogP contribution is 2.43.